The molecule has 2 aliphatic heterocycles. The molecule has 0 bridgehead atoms. The zero-order valence-corrected chi connectivity index (χ0v) is 14.4. The van der Waals surface area contributed by atoms with Gasteiger partial charge in [0.2, 0.25) is 11.8 Å². The molecule has 0 saturated carbocycles. The highest BCUT2D eigenvalue weighted by atomic mass is 16.5. The Morgan fingerprint density at radius 1 is 1.20 bits per heavy atom. The number of ether oxygens (including phenoxy) is 1. The molecular formula is C18H23N3O4. The fourth-order valence-electron chi connectivity index (χ4n) is 3.49. The highest BCUT2D eigenvalue weighted by Crippen LogP contribution is 2.36. The molecule has 1 N–H and O–H groups in total. The lowest BCUT2D eigenvalue weighted by Crippen LogP contribution is -2.55. The third-order valence-corrected chi connectivity index (χ3v) is 5.07. The molecule has 0 aromatic heterocycles. The first-order chi connectivity index (χ1) is 12.1. The number of carbonyl (C=O) groups excluding carboxylic acids is 3. The smallest absolute Gasteiger partial charge is 0.324 e. The van der Waals surface area contributed by atoms with Gasteiger partial charge in [-0.05, 0) is 18.4 Å². The van der Waals surface area contributed by atoms with Gasteiger partial charge in [-0.25, -0.2) is 4.79 Å². The summed E-state index contributed by atoms with van der Waals surface area (Å²) in [5.74, 6) is -0.507. The second-order valence-corrected chi connectivity index (χ2v) is 6.41. The van der Waals surface area contributed by atoms with Crippen molar-refractivity contribution in [2.24, 2.45) is 0 Å². The van der Waals surface area contributed by atoms with Gasteiger partial charge in [-0.1, -0.05) is 30.3 Å². The molecule has 3 rings (SSSR count). The van der Waals surface area contributed by atoms with Crippen LogP contribution in [0, 0.1) is 0 Å². The van der Waals surface area contributed by atoms with E-state index in [0.29, 0.717) is 32.5 Å². The van der Waals surface area contributed by atoms with Crippen molar-refractivity contribution in [2.45, 2.75) is 24.9 Å². The van der Waals surface area contributed by atoms with Crippen LogP contribution in [0.25, 0.3) is 0 Å². The SMILES string of the molecule is COC1(c2ccccc2)CCN(C(=O)CN2C(=O)CCNC2=O)CC1. The summed E-state index contributed by atoms with van der Waals surface area (Å²) in [5.41, 5.74) is 0.714. The Morgan fingerprint density at radius 3 is 2.48 bits per heavy atom. The van der Waals surface area contributed by atoms with Gasteiger partial charge >= 0.3 is 6.03 Å². The Labute approximate surface area is 146 Å². The summed E-state index contributed by atoms with van der Waals surface area (Å²) < 4.78 is 5.81. The Morgan fingerprint density at radius 2 is 1.88 bits per heavy atom. The van der Waals surface area contributed by atoms with Crippen molar-refractivity contribution in [1.82, 2.24) is 15.1 Å². The van der Waals surface area contributed by atoms with Crippen molar-refractivity contribution in [1.29, 1.82) is 0 Å². The van der Waals surface area contributed by atoms with E-state index in [4.69, 9.17) is 4.74 Å². The van der Waals surface area contributed by atoms with E-state index in [-0.39, 0.29) is 24.8 Å². The summed E-state index contributed by atoms with van der Waals surface area (Å²) in [4.78, 5) is 38.8. The molecule has 0 atom stereocenters. The highest BCUT2D eigenvalue weighted by Gasteiger charge is 2.38. The molecule has 134 valence electrons. The maximum Gasteiger partial charge on any atom is 0.324 e. The first-order valence-electron chi connectivity index (χ1n) is 8.52. The third-order valence-electron chi connectivity index (χ3n) is 5.07. The van der Waals surface area contributed by atoms with Gasteiger partial charge < -0.3 is 15.0 Å². The van der Waals surface area contributed by atoms with Crippen LogP contribution in [0.5, 0.6) is 0 Å². The number of nitrogens with one attached hydrogen (secondary N) is 1. The molecule has 0 aliphatic carbocycles. The van der Waals surface area contributed by atoms with Crippen LogP contribution in [0.4, 0.5) is 4.79 Å². The lowest BCUT2D eigenvalue weighted by Gasteiger charge is -2.41. The number of likely N-dealkylation sites (tertiary alicyclic amines) is 1. The summed E-state index contributed by atoms with van der Waals surface area (Å²) in [6.45, 7) is 1.20. The fourth-order valence-corrected chi connectivity index (χ4v) is 3.49. The van der Waals surface area contributed by atoms with Crippen LogP contribution in [-0.2, 0) is 19.9 Å². The van der Waals surface area contributed by atoms with E-state index in [2.05, 4.69) is 5.32 Å². The number of methoxy groups -OCH3 is 1. The summed E-state index contributed by atoms with van der Waals surface area (Å²) in [6, 6.07) is 9.52. The molecule has 0 radical (unpaired) electrons. The normalized spacial score (nSPS) is 20.4. The fraction of sp³-hybridized carbons (Fsp3) is 0.500. The maximum atomic E-state index is 12.5. The van der Waals surface area contributed by atoms with E-state index in [9.17, 15) is 14.4 Å². The molecule has 7 heteroatoms. The Hall–Kier alpha value is -2.41. The van der Waals surface area contributed by atoms with Gasteiger partial charge in [0.15, 0.2) is 0 Å². The van der Waals surface area contributed by atoms with E-state index in [1.54, 1.807) is 12.0 Å². The number of urea groups is 1. The van der Waals surface area contributed by atoms with Crippen LogP contribution in [0.15, 0.2) is 30.3 Å². The molecule has 2 heterocycles. The van der Waals surface area contributed by atoms with E-state index < -0.39 is 11.6 Å². The van der Waals surface area contributed by atoms with Crippen LogP contribution in [-0.4, -0.2) is 60.9 Å². The Balaban J connectivity index is 1.62. The van der Waals surface area contributed by atoms with Crippen molar-refractivity contribution in [3.05, 3.63) is 35.9 Å². The van der Waals surface area contributed by atoms with Crippen molar-refractivity contribution in [2.75, 3.05) is 33.3 Å². The number of nitrogens with zero attached hydrogens (tertiary/aromatic N) is 2. The number of amides is 4. The van der Waals surface area contributed by atoms with Gasteiger partial charge in [0.05, 0.1) is 5.60 Å². The summed E-state index contributed by atoms with van der Waals surface area (Å²) in [5, 5.41) is 2.59. The number of rotatable bonds is 4. The predicted molar refractivity (Wildman–Crippen MR) is 90.7 cm³/mol. The molecule has 0 spiro atoms. The molecule has 4 amide bonds. The second-order valence-electron chi connectivity index (χ2n) is 6.41. The quantitative estimate of drug-likeness (QED) is 0.886. The molecule has 2 aliphatic rings. The summed E-state index contributed by atoms with van der Waals surface area (Å²) >= 11 is 0. The highest BCUT2D eigenvalue weighted by molar-refractivity contribution is 6.00. The van der Waals surface area contributed by atoms with Gasteiger partial charge in [0.1, 0.15) is 6.54 Å². The van der Waals surface area contributed by atoms with Crippen molar-refractivity contribution >= 4 is 17.8 Å². The molecule has 2 fully saturated rings. The first-order valence-corrected chi connectivity index (χ1v) is 8.52. The Bertz CT molecular complexity index is 638. The van der Waals surface area contributed by atoms with E-state index >= 15 is 0 Å². The monoisotopic (exact) mass is 345 g/mol. The molecule has 1 aromatic carbocycles. The number of carbonyl (C=O) groups is 3. The third kappa shape index (κ3) is 3.51. The summed E-state index contributed by atoms with van der Waals surface area (Å²) in [7, 11) is 1.70. The number of benzene rings is 1. The molecular weight excluding hydrogens is 322 g/mol. The minimum Gasteiger partial charge on any atom is -0.373 e. The molecule has 25 heavy (non-hydrogen) atoms. The number of imide groups is 1. The van der Waals surface area contributed by atoms with Crippen molar-refractivity contribution in [3.8, 4) is 0 Å². The van der Waals surface area contributed by atoms with Gasteiger partial charge in [0, 0.05) is 33.2 Å². The van der Waals surface area contributed by atoms with Crippen LogP contribution in [0.2, 0.25) is 0 Å². The van der Waals surface area contributed by atoms with Gasteiger partial charge in [-0.2, -0.15) is 0 Å². The zero-order valence-electron chi connectivity index (χ0n) is 14.4. The largest absolute Gasteiger partial charge is 0.373 e. The van der Waals surface area contributed by atoms with Gasteiger partial charge in [-0.3, -0.25) is 14.5 Å². The topological polar surface area (TPSA) is 79.0 Å². The maximum absolute atomic E-state index is 12.5. The zero-order chi connectivity index (χ0) is 17.9. The Kier molecular flexibility index (Phi) is 5.03. The number of hydrogen-bond acceptors (Lipinski definition) is 4. The van der Waals surface area contributed by atoms with Gasteiger partial charge in [-0.15, -0.1) is 0 Å². The number of piperidine rings is 1. The van der Waals surface area contributed by atoms with Crippen LogP contribution in [0.3, 0.4) is 0 Å². The molecule has 0 unspecified atom stereocenters. The van der Waals surface area contributed by atoms with Crippen LogP contribution in [0.1, 0.15) is 24.8 Å². The van der Waals surface area contributed by atoms with Crippen molar-refractivity contribution in [3.63, 3.8) is 0 Å². The van der Waals surface area contributed by atoms with E-state index in [1.165, 1.54) is 0 Å². The second kappa shape index (κ2) is 7.23. The minimum absolute atomic E-state index is 0.198. The average Bonchev–Trinajstić information content (AvgIpc) is 2.65. The van der Waals surface area contributed by atoms with Crippen molar-refractivity contribution < 1.29 is 19.1 Å². The van der Waals surface area contributed by atoms with E-state index in [0.717, 1.165) is 10.5 Å². The average molecular weight is 345 g/mol. The molecule has 1 aromatic rings. The molecule has 2 saturated heterocycles. The molecule has 7 nitrogen and oxygen atoms in total. The lowest BCUT2D eigenvalue weighted by atomic mass is 9.84. The van der Waals surface area contributed by atoms with E-state index in [1.807, 2.05) is 30.3 Å². The lowest BCUT2D eigenvalue weighted by molar-refractivity contribution is -0.142. The standard InChI is InChI=1S/C18H23N3O4/c1-25-18(14-5-3-2-4-6-14)8-11-20(12-9-18)16(23)13-21-15(22)7-10-19-17(21)24/h2-6H,7-13H2,1H3,(H,19,24). The van der Waals surface area contributed by atoms with Crippen LogP contribution >= 0.6 is 0 Å². The first kappa shape index (κ1) is 17.4. The van der Waals surface area contributed by atoms with Gasteiger partial charge in [0.25, 0.3) is 0 Å². The number of hydrogen-bond donors (Lipinski definition) is 1. The predicted octanol–water partition coefficient (Wildman–Crippen LogP) is 1.09. The minimum atomic E-state index is -0.489. The van der Waals surface area contributed by atoms with Crippen LogP contribution < -0.4 is 5.32 Å². The summed E-state index contributed by atoms with van der Waals surface area (Å²) in [6.07, 6.45) is 1.60.